The number of hydrogen-bond donors (Lipinski definition) is 2. The first-order valence-corrected chi connectivity index (χ1v) is 7.35. The second-order valence-corrected chi connectivity index (χ2v) is 5.81. The van der Waals surface area contributed by atoms with E-state index in [0.29, 0.717) is 0 Å². The van der Waals surface area contributed by atoms with Crippen molar-refractivity contribution in [3.8, 4) is 11.5 Å². The third-order valence-electron chi connectivity index (χ3n) is 2.75. The number of esters is 2. The van der Waals surface area contributed by atoms with Crippen LogP contribution in [0.2, 0.25) is 20.1 Å². The van der Waals surface area contributed by atoms with Crippen molar-refractivity contribution in [2.45, 2.75) is 0 Å². The number of aromatic hydroxyl groups is 2. The molecule has 0 aliphatic heterocycles. The molecule has 0 aliphatic rings. The molecular formula is C14H8Cl4K2O5. The van der Waals surface area contributed by atoms with Crippen LogP contribution >= 0.6 is 46.4 Å². The number of phenols is 2. The van der Waals surface area contributed by atoms with Crippen LogP contribution in [0.1, 0.15) is 20.7 Å². The van der Waals surface area contributed by atoms with E-state index in [2.05, 4.69) is 4.74 Å². The minimum absolute atomic E-state index is 0. The van der Waals surface area contributed by atoms with E-state index in [4.69, 9.17) is 46.4 Å². The molecule has 2 N–H and O–H groups in total. The molecule has 2 rings (SSSR count). The summed E-state index contributed by atoms with van der Waals surface area (Å²) >= 11 is 22.9. The zero-order valence-electron chi connectivity index (χ0n) is 10.9. The molecule has 0 amide bonds. The Balaban J connectivity index is 0.00000288. The third kappa shape index (κ3) is 6.30. The average molecular weight is 476 g/mol. The van der Waals surface area contributed by atoms with Gasteiger partial charge in [-0.05, 0) is 24.3 Å². The number of phenolic OH excluding ortho intramolecular Hbond substituents is 2. The van der Waals surface area contributed by atoms with Crippen molar-refractivity contribution in [3.05, 3.63) is 55.5 Å². The summed E-state index contributed by atoms with van der Waals surface area (Å²) in [6.07, 6.45) is 0. The Morgan fingerprint density at radius 1 is 0.680 bits per heavy atom. The van der Waals surface area contributed by atoms with E-state index in [9.17, 15) is 19.8 Å². The Morgan fingerprint density at radius 2 is 0.960 bits per heavy atom. The Kier molecular flexibility index (Phi) is 12.3. The molecule has 2 aromatic rings. The molecule has 0 aliphatic carbocycles. The monoisotopic (exact) mass is 474 g/mol. The first-order valence-electron chi connectivity index (χ1n) is 5.84. The second-order valence-electron chi connectivity index (χ2n) is 4.18. The topological polar surface area (TPSA) is 83.8 Å². The molecule has 0 unspecified atom stereocenters. The fourth-order valence-corrected chi connectivity index (χ4v) is 2.43. The normalized spacial score (nSPS) is 9.60. The SMILES string of the molecule is O=C(OC(=O)c1c(Cl)ccc(Cl)c1O)c1c(Cl)ccc(Cl)c1O.[KH].[KH]. The molecule has 0 bridgehead atoms. The van der Waals surface area contributed by atoms with Crippen LogP contribution in [-0.2, 0) is 4.74 Å². The van der Waals surface area contributed by atoms with Crippen molar-refractivity contribution >= 4 is 161 Å². The van der Waals surface area contributed by atoms with Crippen molar-refractivity contribution in [1.29, 1.82) is 0 Å². The van der Waals surface area contributed by atoms with Gasteiger partial charge in [-0.3, -0.25) is 0 Å². The van der Waals surface area contributed by atoms with Crippen LogP contribution in [-0.4, -0.2) is 125 Å². The van der Waals surface area contributed by atoms with Crippen LogP contribution in [0.4, 0.5) is 0 Å². The summed E-state index contributed by atoms with van der Waals surface area (Å²) < 4.78 is 4.57. The maximum atomic E-state index is 12.0. The number of ether oxygens (including phenoxy) is 1. The summed E-state index contributed by atoms with van der Waals surface area (Å²) in [4.78, 5) is 24.1. The van der Waals surface area contributed by atoms with Crippen molar-refractivity contribution in [2.24, 2.45) is 0 Å². The molecule has 0 spiro atoms. The molecule has 2 aromatic carbocycles. The van der Waals surface area contributed by atoms with Crippen LogP contribution in [0.5, 0.6) is 11.5 Å². The van der Waals surface area contributed by atoms with Gasteiger partial charge in [0.15, 0.2) is 0 Å². The molecule has 5 nitrogen and oxygen atoms in total. The standard InChI is InChI=1S/C14H6Cl4O5.2K.2H/c15-5-1-3-7(17)11(19)9(5)13(21)23-14(22)10-6(16)2-4-8(18)12(10)20;;;;/h1-4,19-20H;;;;. The maximum absolute atomic E-state index is 12.0. The number of rotatable bonds is 2. The predicted octanol–water partition coefficient (Wildman–Crippen LogP) is 3.41. The van der Waals surface area contributed by atoms with E-state index in [1.807, 2.05) is 0 Å². The number of benzene rings is 2. The van der Waals surface area contributed by atoms with E-state index in [0.717, 1.165) is 0 Å². The number of hydrogen-bond acceptors (Lipinski definition) is 5. The van der Waals surface area contributed by atoms with E-state index in [1.54, 1.807) is 0 Å². The fourth-order valence-electron chi connectivity index (χ4n) is 1.66. The van der Waals surface area contributed by atoms with Gasteiger partial charge in [-0.15, -0.1) is 0 Å². The summed E-state index contributed by atoms with van der Waals surface area (Å²) in [5.74, 6) is -3.82. The van der Waals surface area contributed by atoms with Gasteiger partial charge in [0.25, 0.3) is 0 Å². The molecular weight excluding hydrogens is 468 g/mol. The number of carbonyl (C=O) groups excluding carboxylic acids is 2. The van der Waals surface area contributed by atoms with Crippen molar-refractivity contribution in [3.63, 3.8) is 0 Å². The van der Waals surface area contributed by atoms with Gasteiger partial charge in [0.2, 0.25) is 0 Å². The van der Waals surface area contributed by atoms with Gasteiger partial charge in [0.1, 0.15) is 22.6 Å². The minimum atomic E-state index is -1.27. The van der Waals surface area contributed by atoms with E-state index in [1.165, 1.54) is 24.3 Å². The van der Waals surface area contributed by atoms with Gasteiger partial charge in [0.05, 0.1) is 20.1 Å². The van der Waals surface area contributed by atoms with Gasteiger partial charge in [0, 0.05) is 0 Å². The van der Waals surface area contributed by atoms with Crippen LogP contribution in [0.3, 0.4) is 0 Å². The van der Waals surface area contributed by atoms with Crippen molar-refractivity contribution in [2.75, 3.05) is 0 Å². The molecule has 0 fully saturated rings. The zero-order chi connectivity index (χ0) is 17.3. The third-order valence-corrected chi connectivity index (χ3v) is 3.99. The first-order chi connectivity index (χ1) is 10.7. The Bertz CT molecular complexity index is 762. The summed E-state index contributed by atoms with van der Waals surface area (Å²) in [5, 5.41) is 18.9. The molecule has 11 heteroatoms. The molecule has 0 heterocycles. The van der Waals surface area contributed by atoms with Crippen molar-refractivity contribution < 1.29 is 24.5 Å². The van der Waals surface area contributed by atoms with Gasteiger partial charge < -0.3 is 14.9 Å². The van der Waals surface area contributed by atoms with E-state index >= 15 is 0 Å². The molecule has 0 aromatic heterocycles. The Morgan fingerprint density at radius 3 is 1.28 bits per heavy atom. The molecule has 0 atom stereocenters. The molecule has 25 heavy (non-hydrogen) atoms. The summed E-state index contributed by atoms with van der Waals surface area (Å²) in [6.45, 7) is 0. The van der Waals surface area contributed by atoms with E-state index < -0.39 is 34.6 Å². The Labute approximate surface area is 247 Å². The van der Waals surface area contributed by atoms with Crippen molar-refractivity contribution in [1.82, 2.24) is 0 Å². The van der Waals surface area contributed by atoms with Gasteiger partial charge in [-0.25, -0.2) is 9.59 Å². The van der Waals surface area contributed by atoms with Gasteiger partial charge in [-0.1, -0.05) is 46.4 Å². The van der Waals surface area contributed by atoms with E-state index in [-0.39, 0.29) is 123 Å². The summed E-state index contributed by atoms with van der Waals surface area (Å²) in [7, 11) is 0. The van der Waals surface area contributed by atoms with Gasteiger partial charge in [-0.2, -0.15) is 0 Å². The van der Waals surface area contributed by atoms with Crippen LogP contribution in [0.15, 0.2) is 24.3 Å². The molecule has 0 saturated carbocycles. The Hall–Kier alpha value is 1.61. The van der Waals surface area contributed by atoms with Gasteiger partial charge >= 0.3 is 115 Å². The summed E-state index contributed by atoms with van der Waals surface area (Å²) in [6, 6.07) is 5.01. The van der Waals surface area contributed by atoms with Crippen LogP contribution in [0, 0.1) is 0 Å². The second kappa shape index (κ2) is 11.6. The zero-order valence-corrected chi connectivity index (χ0v) is 14.0. The summed E-state index contributed by atoms with van der Waals surface area (Å²) in [5.41, 5.74) is -0.990. The van der Waals surface area contributed by atoms with Crippen LogP contribution < -0.4 is 0 Å². The quantitative estimate of drug-likeness (QED) is 0.395. The number of carbonyl (C=O) groups is 2. The molecule has 0 saturated heterocycles. The fraction of sp³-hybridized carbons (Fsp3) is 0. The van der Waals surface area contributed by atoms with Crippen LogP contribution in [0.25, 0.3) is 0 Å². The predicted molar refractivity (Wildman–Crippen MR) is 100 cm³/mol. The average Bonchev–Trinajstić information content (AvgIpc) is 2.47. The first kappa shape index (κ1) is 26.6. The molecule has 124 valence electrons. The molecule has 0 radical (unpaired) electrons. The number of halogens is 4.